The van der Waals surface area contributed by atoms with Crippen molar-refractivity contribution < 1.29 is 23.9 Å². The van der Waals surface area contributed by atoms with Crippen LogP contribution in [0.4, 0.5) is 4.79 Å². The van der Waals surface area contributed by atoms with E-state index in [0.717, 1.165) is 0 Å². The Hall–Kier alpha value is -2.57. The lowest BCUT2D eigenvalue weighted by atomic mass is 10.3. The first-order valence-electron chi connectivity index (χ1n) is 5.93. The van der Waals surface area contributed by atoms with Gasteiger partial charge in [0, 0.05) is 7.05 Å². The molecule has 3 amide bonds. The van der Waals surface area contributed by atoms with E-state index in [1.54, 1.807) is 24.3 Å². The van der Waals surface area contributed by atoms with Crippen molar-refractivity contribution >= 4 is 17.9 Å². The van der Waals surface area contributed by atoms with Gasteiger partial charge in [-0.3, -0.25) is 10.1 Å². The van der Waals surface area contributed by atoms with Crippen LogP contribution in [0, 0.1) is 0 Å². The third-order valence-corrected chi connectivity index (χ3v) is 2.24. The van der Waals surface area contributed by atoms with Crippen LogP contribution in [-0.4, -0.2) is 37.7 Å². The molecule has 1 aromatic carbocycles. The second-order valence-corrected chi connectivity index (χ2v) is 3.80. The van der Waals surface area contributed by atoms with E-state index in [4.69, 9.17) is 9.47 Å². The molecule has 0 spiro atoms. The largest absolute Gasteiger partial charge is 0.482 e. The molecule has 1 atom stereocenters. The monoisotopic (exact) mass is 280 g/mol. The van der Waals surface area contributed by atoms with Gasteiger partial charge in [-0.25, -0.2) is 9.59 Å². The Morgan fingerprint density at radius 2 is 1.85 bits per heavy atom. The molecule has 0 saturated carbocycles. The molecule has 108 valence electrons. The predicted molar refractivity (Wildman–Crippen MR) is 70.1 cm³/mol. The van der Waals surface area contributed by atoms with E-state index in [-0.39, 0.29) is 6.61 Å². The molecule has 0 fully saturated rings. The molecule has 1 aromatic rings. The molecule has 1 rings (SSSR count). The van der Waals surface area contributed by atoms with Crippen molar-refractivity contribution in [1.29, 1.82) is 0 Å². The SMILES string of the molecule is CNC(=O)NC(=O)[C@H](C)OC(=O)COc1ccccc1. The maximum atomic E-state index is 11.5. The number of carbonyl (C=O) groups excluding carboxylic acids is 3. The van der Waals surface area contributed by atoms with Crippen molar-refractivity contribution in [2.24, 2.45) is 0 Å². The summed E-state index contributed by atoms with van der Waals surface area (Å²) in [4.78, 5) is 33.8. The van der Waals surface area contributed by atoms with Crippen molar-refractivity contribution in [3.05, 3.63) is 30.3 Å². The van der Waals surface area contributed by atoms with E-state index >= 15 is 0 Å². The molecule has 2 N–H and O–H groups in total. The number of esters is 1. The highest BCUT2D eigenvalue weighted by atomic mass is 16.6. The zero-order chi connectivity index (χ0) is 15.0. The molecule has 0 aliphatic rings. The van der Waals surface area contributed by atoms with Crippen LogP contribution < -0.4 is 15.4 Å². The zero-order valence-electron chi connectivity index (χ0n) is 11.2. The summed E-state index contributed by atoms with van der Waals surface area (Å²) in [5, 5.41) is 4.22. The minimum absolute atomic E-state index is 0.318. The number of imide groups is 1. The molecule has 0 saturated heterocycles. The fourth-order valence-corrected chi connectivity index (χ4v) is 1.22. The second kappa shape index (κ2) is 7.78. The van der Waals surface area contributed by atoms with Gasteiger partial charge in [-0.05, 0) is 19.1 Å². The summed E-state index contributed by atoms with van der Waals surface area (Å²) in [5.74, 6) is -0.891. The van der Waals surface area contributed by atoms with Gasteiger partial charge in [-0.1, -0.05) is 18.2 Å². The van der Waals surface area contributed by atoms with Gasteiger partial charge in [0.05, 0.1) is 0 Å². The summed E-state index contributed by atoms with van der Waals surface area (Å²) < 4.78 is 9.99. The van der Waals surface area contributed by atoms with Gasteiger partial charge in [-0.2, -0.15) is 0 Å². The number of amides is 3. The number of benzene rings is 1. The van der Waals surface area contributed by atoms with Gasteiger partial charge in [0.15, 0.2) is 12.7 Å². The topological polar surface area (TPSA) is 93.7 Å². The summed E-state index contributed by atoms with van der Waals surface area (Å²) in [6, 6.07) is 8.05. The van der Waals surface area contributed by atoms with E-state index in [9.17, 15) is 14.4 Å². The van der Waals surface area contributed by atoms with Gasteiger partial charge in [0.1, 0.15) is 5.75 Å². The zero-order valence-corrected chi connectivity index (χ0v) is 11.2. The van der Waals surface area contributed by atoms with Crippen LogP contribution in [0.15, 0.2) is 30.3 Å². The standard InChI is InChI=1S/C13H16N2O5/c1-9(12(17)15-13(18)14-2)20-11(16)8-19-10-6-4-3-5-7-10/h3-7,9H,8H2,1-2H3,(H2,14,15,17,18)/t9-/m0/s1. The average Bonchev–Trinajstić information content (AvgIpc) is 2.45. The lowest BCUT2D eigenvalue weighted by molar-refractivity contribution is -0.156. The predicted octanol–water partition coefficient (Wildman–Crippen LogP) is 0.453. The van der Waals surface area contributed by atoms with Gasteiger partial charge in [0.25, 0.3) is 5.91 Å². The third kappa shape index (κ3) is 5.38. The van der Waals surface area contributed by atoms with Gasteiger partial charge < -0.3 is 14.8 Å². The normalized spacial score (nSPS) is 11.1. The van der Waals surface area contributed by atoms with E-state index in [1.807, 2.05) is 11.4 Å². The van der Waals surface area contributed by atoms with Gasteiger partial charge in [-0.15, -0.1) is 0 Å². The smallest absolute Gasteiger partial charge is 0.344 e. The minimum atomic E-state index is -1.08. The Balaban J connectivity index is 2.34. The van der Waals surface area contributed by atoms with Crippen molar-refractivity contribution in [3.63, 3.8) is 0 Å². The molecule has 7 nitrogen and oxygen atoms in total. The van der Waals surface area contributed by atoms with Crippen LogP contribution >= 0.6 is 0 Å². The fraction of sp³-hybridized carbons (Fsp3) is 0.308. The second-order valence-electron chi connectivity index (χ2n) is 3.80. The van der Waals surface area contributed by atoms with Crippen molar-refractivity contribution in [3.8, 4) is 5.75 Å². The molecule has 0 radical (unpaired) electrons. The van der Waals surface area contributed by atoms with Gasteiger partial charge in [0.2, 0.25) is 0 Å². The highest BCUT2D eigenvalue weighted by molar-refractivity contribution is 5.97. The highest BCUT2D eigenvalue weighted by Crippen LogP contribution is 2.08. The highest BCUT2D eigenvalue weighted by Gasteiger charge is 2.19. The summed E-state index contributed by atoms with van der Waals surface area (Å²) >= 11 is 0. The number of ether oxygens (including phenoxy) is 2. The molecular formula is C13H16N2O5. The Labute approximate surface area is 116 Å². The number of carbonyl (C=O) groups is 3. The van der Waals surface area contributed by atoms with Crippen LogP contribution in [0.1, 0.15) is 6.92 Å². The summed E-state index contributed by atoms with van der Waals surface area (Å²) in [5.41, 5.74) is 0. The Morgan fingerprint density at radius 3 is 2.45 bits per heavy atom. The molecule has 0 unspecified atom stereocenters. The molecule has 0 heterocycles. The average molecular weight is 280 g/mol. The van der Waals surface area contributed by atoms with E-state index in [2.05, 4.69) is 5.32 Å². The molecule has 0 aliphatic heterocycles. The number of hydrogen-bond acceptors (Lipinski definition) is 5. The van der Waals surface area contributed by atoms with Crippen molar-refractivity contribution in [2.75, 3.05) is 13.7 Å². The Morgan fingerprint density at radius 1 is 1.20 bits per heavy atom. The summed E-state index contributed by atoms with van der Waals surface area (Å²) in [6.07, 6.45) is -1.08. The molecule has 0 aliphatic carbocycles. The number of nitrogens with one attached hydrogen (secondary N) is 2. The fourth-order valence-electron chi connectivity index (χ4n) is 1.22. The van der Waals surface area contributed by atoms with Crippen LogP contribution in [0.5, 0.6) is 5.75 Å². The first-order valence-corrected chi connectivity index (χ1v) is 5.93. The molecule has 0 bridgehead atoms. The number of rotatable bonds is 5. The molecule has 0 aromatic heterocycles. The van der Waals surface area contributed by atoms with Crippen molar-refractivity contribution in [2.45, 2.75) is 13.0 Å². The van der Waals surface area contributed by atoms with E-state index in [1.165, 1.54) is 14.0 Å². The van der Waals surface area contributed by atoms with Crippen LogP contribution in [0.3, 0.4) is 0 Å². The quantitative estimate of drug-likeness (QED) is 0.764. The van der Waals surface area contributed by atoms with Gasteiger partial charge >= 0.3 is 12.0 Å². The summed E-state index contributed by atoms with van der Waals surface area (Å²) in [7, 11) is 1.37. The molecule has 7 heteroatoms. The maximum absolute atomic E-state index is 11.5. The van der Waals surface area contributed by atoms with Crippen LogP contribution in [0.25, 0.3) is 0 Å². The third-order valence-electron chi connectivity index (χ3n) is 2.24. The van der Waals surface area contributed by atoms with Crippen LogP contribution in [-0.2, 0) is 14.3 Å². The summed E-state index contributed by atoms with van der Waals surface area (Å²) in [6.45, 7) is 1.04. The Bertz CT molecular complexity index is 475. The van der Waals surface area contributed by atoms with E-state index in [0.29, 0.717) is 5.75 Å². The van der Waals surface area contributed by atoms with Crippen molar-refractivity contribution in [1.82, 2.24) is 10.6 Å². The molecular weight excluding hydrogens is 264 g/mol. The Kier molecular flexibility index (Phi) is 6.02. The first-order chi connectivity index (χ1) is 9.52. The minimum Gasteiger partial charge on any atom is -0.482 e. The van der Waals surface area contributed by atoms with Crippen LogP contribution in [0.2, 0.25) is 0 Å². The number of hydrogen-bond donors (Lipinski definition) is 2. The lowest BCUT2D eigenvalue weighted by Crippen LogP contribution is -2.43. The maximum Gasteiger partial charge on any atom is 0.344 e. The first kappa shape index (κ1) is 15.5. The number of para-hydroxylation sites is 1. The number of urea groups is 1. The molecule has 20 heavy (non-hydrogen) atoms. The lowest BCUT2D eigenvalue weighted by Gasteiger charge is -2.13. The van der Waals surface area contributed by atoms with E-state index < -0.39 is 24.0 Å².